The first kappa shape index (κ1) is 13.6. The maximum absolute atomic E-state index is 10.9. The van der Waals surface area contributed by atoms with Gasteiger partial charge >= 0.3 is 5.97 Å². The highest BCUT2D eigenvalue weighted by molar-refractivity contribution is 5.88. The average Bonchev–Trinajstić information content (AvgIpc) is 3.23. The number of benzene rings is 2. The van der Waals surface area contributed by atoms with Crippen LogP contribution in [-0.2, 0) is 6.42 Å². The number of carboxylic acid groups (broad SMARTS) is 1. The monoisotopic (exact) mass is 306 g/mol. The Hall–Kier alpha value is -3.08. The van der Waals surface area contributed by atoms with Crippen LogP contribution in [-0.4, -0.2) is 27.5 Å². The molecule has 23 heavy (non-hydrogen) atoms. The third-order valence-corrected chi connectivity index (χ3v) is 3.99. The average molecular weight is 306 g/mol. The second-order valence-corrected chi connectivity index (χ2v) is 5.45. The van der Waals surface area contributed by atoms with Crippen LogP contribution in [0.2, 0.25) is 0 Å². The smallest absolute Gasteiger partial charge is 0.335 e. The lowest BCUT2D eigenvalue weighted by molar-refractivity contribution is 0.0697. The minimum atomic E-state index is -0.926. The van der Waals surface area contributed by atoms with Crippen molar-refractivity contribution in [3.8, 4) is 22.6 Å². The molecule has 0 amide bonds. The predicted octanol–water partition coefficient (Wildman–Crippen LogP) is 3.17. The molecule has 3 aromatic rings. The molecule has 0 saturated heterocycles. The maximum atomic E-state index is 10.9. The Kier molecular flexibility index (Phi) is 3.12. The maximum Gasteiger partial charge on any atom is 0.335 e. The molecular formula is C18H14N2O3. The highest BCUT2D eigenvalue weighted by Crippen LogP contribution is 2.28. The molecule has 0 fully saturated rings. The van der Waals surface area contributed by atoms with Gasteiger partial charge in [0.1, 0.15) is 5.75 Å². The van der Waals surface area contributed by atoms with Crippen molar-refractivity contribution in [2.24, 2.45) is 0 Å². The number of aromatic nitrogens is 2. The van der Waals surface area contributed by atoms with Crippen molar-refractivity contribution in [3.63, 3.8) is 0 Å². The number of aromatic carboxylic acids is 1. The standard InChI is InChI=1S/C18H14N2O3/c21-18(22)14-3-1-12(2-4-14)15-10-19-20(11-15)16-6-5-13-7-8-23-17(13)9-16/h1-6,9-11H,7-8H2,(H,21,22). The van der Waals surface area contributed by atoms with E-state index in [1.54, 1.807) is 35.1 Å². The van der Waals surface area contributed by atoms with Crippen LogP contribution in [0.5, 0.6) is 5.75 Å². The second-order valence-electron chi connectivity index (χ2n) is 5.45. The first-order chi connectivity index (χ1) is 11.2. The molecule has 4 rings (SSSR count). The van der Waals surface area contributed by atoms with Crippen LogP contribution in [0.15, 0.2) is 54.9 Å². The van der Waals surface area contributed by atoms with E-state index in [-0.39, 0.29) is 5.56 Å². The Bertz CT molecular complexity index is 882. The largest absolute Gasteiger partial charge is 0.493 e. The van der Waals surface area contributed by atoms with Crippen molar-refractivity contribution in [3.05, 3.63) is 66.0 Å². The van der Waals surface area contributed by atoms with E-state index in [0.717, 1.165) is 35.6 Å². The van der Waals surface area contributed by atoms with E-state index < -0.39 is 5.97 Å². The van der Waals surface area contributed by atoms with Crippen molar-refractivity contribution < 1.29 is 14.6 Å². The van der Waals surface area contributed by atoms with Gasteiger partial charge in [0.05, 0.1) is 24.1 Å². The zero-order valence-corrected chi connectivity index (χ0v) is 12.3. The fraction of sp³-hybridized carbons (Fsp3) is 0.111. The quantitative estimate of drug-likeness (QED) is 0.807. The Balaban J connectivity index is 1.65. The van der Waals surface area contributed by atoms with Crippen LogP contribution >= 0.6 is 0 Å². The molecule has 0 atom stereocenters. The Morgan fingerprint density at radius 2 is 1.96 bits per heavy atom. The summed E-state index contributed by atoms with van der Waals surface area (Å²) in [5.41, 5.74) is 4.31. The highest BCUT2D eigenvalue weighted by atomic mass is 16.5. The van der Waals surface area contributed by atoms with Crippen molar-refractivity contribution in [1.82, 2.24) is 9.78 Å². The molecule has 2 heterocycles. The van der Waals surface area contributed by atoms with Gasteiger partial charge in [-0.1, -0.05) is 18.2 Å². The summed E-state index contributed by atoms with van der Waals surface area (Å²) in [5, 5.41) is 13.3. The van der Waals surface area contributed by atoms with E-state index in [1.807, 2.05) is 18.3 Å². The van der Waals surface area contributed by atoms with E-state index in [4.69, 9.17) is 9.84 Å². The van der Waals surface area contributed by atoms with Crippen LogP contribution in [0.3, 0.4) is 0 Å². The summed E-state index contributed by atoms with van der Waals surface area (Å²) >= 11 is 0. The van der Waals surface area contributed by atoms with E-state index in [1.165, 1.54) is 5.56 Å². The molecule has 0 aliphatic carbocycles. The van der Waals surface area contributed by atoms with Gasteiger partial charge < -0.3 is 9.84 Å². The molecule has 5 nitrogen and oxygen atoms in total. The molecule has 2 aromatic carbocycles. The van der Waals surface area contributed by atoms with E-state index in [9.17, 15) is 4.79 Å². The number of hydrogen-bond donors (Lipinski definition) is 1. The normalized spacial score (nSPS) is 12.7. The van der Waals surface area contributed by atoms with E-state index in [2.05, 4.69) is 11.2 Å². The first-order valence-corrected chi connectivity index (χ1v) is 7.35. The van der Waals surface area contributed by atoms with Gasteiger partial charge in [-0.25, -0.2) is 9.48 Å². The lowest BCUT2D eigenvalue weighted by Crippen LogP contribution is -1.95. The zero-order chi connectivity index (χ0) is 15.8. The highest BCUT2D eigenvalue weighted by Gasteiger charge is 2.13. The van der Waals surface area contributed by atoms with Crippen molar-refractivity contribution in [2.45, 2.75) is 6.42 Å². The van der Waals surface area contributed by atoms with Gasteiger partial charge in [-0.2, -0.15) is 5.10 Å². The number of nitrogens with zero attached hydrogens (tertiary/aromatic N) is 2. The van der Waals surface area contributed by atoms with Crippen LogP contribution in [0.4, 0.5) is 0 Å². The molecule has 0 unspecified atom stereocenters. The third-order valence-electron chi connectivity index (χ3n) is 3.99. The van der Waals surface area contributed by atoms with Crippen LogP contribution in [0, 0.1) is 0 Å². The van der Waals surface area contributed by atoms with Crippen molar-refractivity contribution in [2.75, 3.05) is 6.61 Å². The summed E-state index contributed by atoms with van der Waals surface area (Å²) in [6.07, 6.45) is 4.65. The van der Waals surface area contributed by atoms with E-state index in [0.29, 0.717) is 0 Å². The summed E-state index contributed by atoms with van der Waals surface area (Å²) in [7, 11) is 0. The number of fused-ring (bicyclic) bond motifs is 1. The zero-order valence-electron chi connectivity index (χ0n) is 12.3. The Morgan fingerprint density at radius 1 is 1.13 bits per heavy atom. The summed E-state index contributed by atoms with van der Waals surface area (Å²) in [4.78, 5) is 10.9. The second kappa shape index (κ2) is 5.28. The van der Waals surface area contributed by atoms with Gasteiger partial charge in [0.2, 0.25) is 0 Å². The fourth-order valence-corrected chi connectivity index (χ4v) is 2.72. The molecular weight excluding hydrogens is 292 g/mol. The Morgan fingerprint density at radius 3 is 2.74 bits per heavy atom. The van der Waals surface area contributed by atoms with Gasteiger partial charge in [-0.15, -0.1) is 0 Å². The lowest BCUT2D eigenvalue weighted by Gasteiger charge is -2.04. The fourth-order valence-electron chi connectivity index (χ4n) is 2.72. The molecule has 0 bridgehead atoms. The summed E-state index contributed by atoms with van der Waals surface area (Å²) in [6.45, 7) is 0.735. The molecule has 0 spiro atoms. The topological polar surface area (TPSA) is 64.3 Å². The van der Waals surface area contributed by atoms with Gasteiger partial charge in [-0.05, 0) is 29.3 Å². The van der Waals surface area contributed by atoms with Gasteiger partial charge in [0.25, 0.3) is 0 Å². The van der Waals surface area contributed by atoms with Crippen molar-refractivity contribution in [1.29, 1.82) is 0 Å². The van der Waals surface area contributed by atoms with Gasteiger partial charge in [0, 0.05) is 24.2 Å². The molecule has 1 N–H and O–H groups in total. The minimum absolute atomic E-state index is 0.275. The number of hydrogen-bond acceptors (Lipinski definition) is 3. The van der Waals surface area contributed by atoms with Crippen LogP contribution in [0.1, 0.15) is 15.9 Å². The molecule has 0 saturated carbocycles. The molecule has 0 radical (unpaired) electrons. The summed E-state index contributed by atoms with van der Waals surface area (Å²) in [5.74, 6) is -0.00394. The molecule has 114 valence electrons. The number of rotatable bonds is 3. The van der Waals surface area contributed by atoms with E-state index >= 15 is 0 Å². The lowest BCUT2D eigenvalue weighted by atomic mass is 10.1. The molecule has 1 aliphatic rings. The Labute approximate surface area is 132 Å². The number of carboxylic acids is 1. The summed E-state index contributed by atoms with van der Waals surface area (Å²) in [6, 6.07) is 12.9. The SMILES string of the molecule is O=C(O)c1ccc(-c2cnn(-c3ccc4c(c3)OCC4)c2)cc1. The molecule has 1 aromatic heterocycles. The third kappa shape index (κ3) is 2.46. The predicted molar refractivity (Wildman–Crippen MR) is 85.2 cm³/mol. The summed E-state index contributed by atoms with van der Waals surface area (Å²) < 4.78 is 7.38. The minimum Gasteiger partial charge on any atom is -0.493 e. The van der Waals surface area contributed by atoms with Gasteiger partial charge in [-0.3, -0.25) is 0 Å². The number of ether oxygens (including phenoxy) is 1. The van der Waals surface area contributed by atoms with Gasteiger partial charge in [0.15, 0.2) is 0 Å². The molecule has 1 aliphatic heterocycles. The molecule has 5 heteroatoms. The van der Waals surface area contributed by atoms with Crippen LogP contribution < -0.4 is 4.74 Å². The van der Waals surface area contributed by atoms with Crippen LogP contribution in [0.25, 0.3) is 16.8 Å². The first-order valence-electron chi connectivity index (χ1n) is 7.35. The number of carbonyl (C=O) groups is 1. The van der Waals surface area contributed by atoms with Crippen molar-refractivity contribution >= 4 is 5.97 Å².